The van der Waals surface area contributed by atoms with Crippen molar-refractivity contribution < 1.29 is 52.0 Å². The maximum Gasteiger partial charge on any atom is 0.490 e. The van der Waals surface area contributed by atoms with Crippen molar-refractivity contribution >= 4 is 40.9 Å². The summed E-state index contributed by atoms with van der Waals surface area (Å²) in [5.41, 5.74) is 5.40. The molecule has 2 aromatic carbocycles. The minimum atomic E-state index is -5.08. The molecule has 0 bridgehead atoms. The van der Waals surface area contributed by atoms with E-state index < -0.39 is 29.6 Å². The number of hydrogen-bond donors (Lipinski definition) is 2. The van der Waals surface area contributed by atoms with Gasteiger partial charge in [-0.25, -0.2) is 4.79 Å². The van der Waals surface area contributed by atoms with Gasteiger partial charge in [0.05, 0.1) is 10.8 Å². The van der Waals surface area contributed by atoms with E-state index in [-0.39, 0.29) is 11.1 Å². The van der Waals surface area contributed by atoms with Crippen molar-refractivity contribution in [1.29, 1.82) is 0 Å². The van der Waals surface area contributed by atoms with E-state index in [0.29, 0.717) is 23.7 Å². The molecule has 9 nitrogen and oxygen atoms in total. The third-order valence-electron chi connectivity index (χ3n) is 8.63. The number of likely N-dealkylation sites (N-methyl/N-ethyl adjacent to an activating group) is 1. The molecule has 2 atom stereocenters. The normalized spacial score (nSPS) is 18.9. The highest BCUT2D eigenvalue weighted by atomic mass is 32.2. The highest BCUT2D eigenvalue weighted by molar-refractivity contribution is 8.18. The van der Waals surface area contributed by atoms with Gasteiger partial charge in [-0.2, -0.15) is 13.2 Å². The summed E-state index contributed by atoms with van der Waals surface area (Å²) in [6.07, 6.45) is 3.05. The van der Waals surface area contributed by atoms with E-state index in [9.17, 15) is 32.7 Å². The number of alkyl halides is 3. The number of aliphatic carboxylic acids is 2. The molecule has 2 aliphatic heterocycles. The number of carboxylic acids is 2. The van der Waals surface area contributed by atoms with Crippen molar-refractivity contribution in [3.05, 3.63) is 62.6 Å². The van der Waals surface area contributed by atoms with Gasteiger partial charge in [-0.3, -0.25) is 19.3 Å². The first-order chi connectivity index (χ1) is 22.4. The van der Waals surface area contributed by atoms with Crippen molar-refractivity contribution in [2.45, 2.75) is 97.3 Å². The SMILES string of the molecule is CCCCCCC(C(=O)O)c1c(C)c(C)c2c(c1C)CCC(C)(COc1ccc(/C=C3/SC(=O)N(C)C3=O)cc1)O2.O=C(O)C(F)(F)F. The topological polar surface area (TPSA) is 130 Å². The second-order valence-corrected chi connectivity index (χ2v) is 13.3. The molecule has 2 unspecified atom stereocenters. The lowest BCUT2D eigenvalue weighted by molar-refractivity contribution is -0.192. The predicted octanol–water partition coefficient (Wildman–Crippen LogP) is 8.21. The van der Waals surface area contributed by atoms with Crippen LogP contribution in [0.2, 0.25) is 0 Å². The summed E-state index contributed by atoms with van der Waals surface area (Å²) in [5, 5.41) is 17.0. The van der Waals surface area contributed by atoms with Crippen molar-refractivity contribution in [1.82, 2.24) is 4.90 Å². The Kier molecular flexibility index (Phi) is 12.8. The van der Waals surface area contributed by atoms with Crippen LogP contribution < -0.4 is 9.47 Å². The fourth-order valence-electron chi connectivity index (χ4n) is 5.72. The number of halogens is 3. The maximum absolute atomic E-state index is 12.3. The van der Waals surface area contributed by atoms with E-state index in [1.807, 2.05) is 45.0 Å². The Balaban J connectivity index is 0.000000804. The molecule has 0 aliphatic carbocycles. The van der Waals surface area contributed by atoms with Crippen LogP contribution in [0.3, 0.4) is 0 Å². The molecule has 2 aliphatic rings. The summed E-state index contributed by atoms with van der Waals surface area (Å²) in [6.45, 7) is 10.7. The number of unbranched alkanes of at least 4 members (excludes halogenated alkanes) is 3. The molecule has 0 aromatic heterocycles. The molecule has 262 valence electrons. The fraction of sp³-hybridized carbons (Fsp3) is 0.486. The van der Waals surface area contributed by atoms with Crippen LogP contribution in [0.15, 0.2) is 29.2 Å². The first kappa shape index (κ1) is 38.4. The van der Waals surface area contributed by atoms with Crippen LogP contribution >= 0.6 is 11.8 Å². The minimum Gasteiger partial charge on any atom is -0.489 e. The van der Waals surface area contributed by atoms with Gasteiger partial charge < -0.3 is 19.7 Å². The number of hydrogen-bond acceptors (Lipinski definition) is 7. The van der Waals surface area contributed by atoms with E-state index in [1.54, 1.807) is 6.08 Å². The highest BCUT2D eigenvalue weighted by Gasteiger charge is 2.39. The molecule has 48 heavy (non-hydrogen) atoms. The lowest BCUT2D eigenvalue weighted by Crippen LogP contribution is -2.42. The summed E-state index contributed by atoms with van der Waals surface area (Å²) in [6, 6.07) is 7.41. The summed E-state index contributed by atoms with van der Waals surface area (Å²) >= 11 is 0.937. The zero-order valence-electron chi connectivity index (χ0n) is 28.0. The van der Waals surface area contributed by atoms with Gasteiger partial charge in [-0.1, -0.05) is 44.7 Å². The Morgan fingerprint density at radius 1 is 1.06 bits per heavy atom. The Labute approximate surface area is 282 Å². The summed E-state index contributed by atoms with van der Waals surface area (Å²) in [4.78, 5) is 46.6. The smallest absolute Gasteiger partial charge is 0.489 e. The zero-order valence-corrected chi connectivity index (χ0v) is 28.8. The van der Waals surface area contributed by atoms with Crippen LogP contribution in [0.1, 0.15) is 91.7 Å². The molecule has 2 N–H and O–H groups in total. The summed E-state index contributed by atoms with van der Waals surface area (Å²) in [7, 11) is 1.48. The highest BCUT2D eigenvalue weighted by Crippen LogP contribution is 2.44. The van der Waals surface area contributed by atoms with Gasteiger partial charge in [-0.15, -0.1) is 0 Å². The lowest BCUT2D eigenvalue weighted by atomic mass is 9.80. The zero-order chi connectivity index (χ0) is 36.0. The van der Waals surface area contributed by atoms with Crippen LogP contribution in [-0.4, -0.2) is 63.6 Å². The van der Waals surface area contributed by atoms with Gasteiger partial charge >= 0.3 is 18.1 Å². The summed E-state index contributed by atoms with van der Waals surface area (Å²) < 4.78 is 44.5. The molecular formula is C35H42F3NO8S. The molecule has 13 heteroatoms. The molecule has 2 aromatic rings. The van der Waals surface area contributed by atoms with Gasteiger partial charge in [0.1, 0.15) is 23.7 Å². The van der Waals surface area contributed by atoms with Crippen molar-refractivity contribution in [3.63, 3.8) is 0 Å². The van der Waals surface area contributed by atoms with Gasteiger partial charge in [0.2, 0.25) is 0 Å². The first-order valence-corrected chi connectivity index (χ1v) is 16.5. The molecule has 0 saturated carbocycles. The van der Waals surface area contributed by atoms with E-state index in [1.165, 1.54) is 7.05 Å². The number of nitrogens with zero attached hydrogens (tertiary/aromatic N) is 1. The number of thioether (sulfide) groups is 1. The van der Waals surface area contributed by atoms with E-state index in [2.05, 4.69) is 13.8 Å². The van der Waals surface area contributed by atoms with Gasteiger partial charge in [0.15, 0.2) is 0 Å². The molecular weight excluding hydrogens is 651 g/mol. The van der Waals surface area contributed by atoms with Crippen molar-refractivity contribution in [2.75, 3.05) is 13.7 Å². The largest absolute Gasteiger partial charge is 0.490 e. The van der Waals surface area contributed by atoms with Crippen molar-refractivity contribution in [3.8, 4) is 11.5 Å². The van der Waals surface area contributed by atoms with Crippen LogP contribution in [0.5, 0.6) is 11.5 Å². The van der Waals surface area contributed by atoms with Crippen molar-refractivity contribution in [2.24, 2.45) is 0 Å². The maximum atomic E-state index is 12.3. The Hall–Kier alpha value is -4.00. The second kappa shape index (κ2) is 15.9. The molecule has 0 radical (unpaired) electrons. The molecule has 4 rings (SSSR count). The van der Waals surface area contributed by atoms with E-state index >= 15 is 0 Å². The van der Waals surface area contributed by atoms with E-state index in [4.69, 9.17) is 19.4 Å². The number of benzene rings is 2. The average molecular weight is 694 g/mol. The van der Waals surface area contributed by atoms with Gasteiger partial charge in [-0.05, 0) is 110 Å². The third-order valence-corrected chi connectivity index (χ3v) is 9.60. The lowest BCUT2D eigenvalue weighted by Gasteiger charge is -2.38. The molecule has 0 spiro atoms. The minimum absolute atomic E-state index is 0.274. The number of rotatable bonds is 11. The van der Waals surface area contributed by atoms with Crippen LogP contribution in [-0.2, 0) is 20.8 Å². The third kappa shape index (κ3) is 9.33. The second-order valence-electron chi connectivity index (χ2n) is 12.3. The van der Waals surface area contributed by atoms with Crippen LogP contribution in [0, 0.1) is 20.8 Å². The molecule has 1 fully saturated rings. The predicted molar refractivity (Wildman–Crippen MR) is 177 cm³/mol. The van der Waals surface area contributed by atoms with Gasteiger partial charge in [0, 0.05) is 7.05 Å². The molecule has 2 heterocycles. The monoisotopic (exact) mass is 693 g/mol. The number of carbonyl (C=O) groups excluding carboxylic acids is 2. The number of fused-ring (bicyclic) bond motifs is 1. The quantitative estimate of drug-likeness (QED) is 0.177. The Morgan fingerprint density at radius 3 is 2.21 bits per heavy atom. The standard InChI is InChI=1S/C33H41NO6S.C2HF3O2/c1-7-8-9-10-11-26(31(36)37)28-20(2)21(3)29-25(22(28)4)16-17-33(5,40-29)19-39-24-14-12-23(13-15-24)18-27-30(35)34(6)32(38)41-27;3-2(4,5)1(6)7/h12-15,18,26H,7-11,16-17,19H2,1-6H3,(H,36,37);(H,6,7)/b27-18+;. The number of carboxylic acid groups (broad SMARTS) is 2. The first-order valence-electron chi connectivity index (χ1n) is 15.7. The fourth-order valence-corrected chi connectivity index (χ4v) is 6.55. The van der Waals surface area contributed by atoms with Gasteiger partial charge in [0.25, 0.3) is 11.1 Å². The number of carbonyl (C=O) groups is 4. The number of amides is 2. The average Bonchev–Trinajstić information content (AvgIpc) is 3.26. The Bertz CT molecular complexity index is 1570. The van der Waals surface area contributed by atoms with Crippen LogP contribution in [0.4, 0.5) is 18.0 Å². The van der Waals surface area contributed by atoms with Crippen LogP contribution in [0.25, 0.3) is 6.08 Å². The molecule has 1 saturated heterocycles. The summed E-state index contributed by atoms with van der Waals surface area (Å²) in [5.74, 6) is -2.75. The molecule has 2 amide bonds. The number of ether oxygens (including phenoxy) is 2. The number of imide groups is 1. The van der Waals surface area contributed by atoms with E-state index in [0.717, 1.165) is 94.3 Å². The Morgan fingerprint density at radius 2 is 1.69 bits per heavy atom.